The van der Waals surface area contributed by atoms with Gasteiger partial charge in [-0.2, -0.15) is 0 Å². The summed E-state index contributed by atoms with van der Waals surface area (Å²) >= 11 is 0. The highest BCUT2D eigenvalue weighted by Crippen LogP contribution is 2.44. The second kappa shape index (κ2) is 35.3. The third-order valence-electron chi connectivity index (χ3n) is 27.1. The molecule has 7 heteroatoms. The molecule has 0 saturated carbocycles. The van der Waals surface area contributed by atoms with Crippen molar-refractivity contribution in [2.24, 2.45) is 0 Å². The van der Waals surface area contributed by atoms with E-state index >= 15 is 0 Å². The maximum atomic E-state index is 5.24. The molecule has 27 aromatic rings. The van der Waals surface area contributed by atoms with Crippen molar-refractivity contribution in [1.82, 2.24) is 34.9 Å². The number of rotatable bonds is 12. The lowest BCUT2D eigenvalue weighted by molar-refractivity contribution is 1.32. The van der Waals surface area contributed by atoms with E-state index in [9.17, 15) is 0 Å². The van der Waals surface area contributed by atoms with Gasteiger partial charge in [0, 0.05) is 90.5 Å². The average molecular weight is 1760 g/mol. The van der Waals surface area contributed by atoms with Crippen LogP contribution < -0.4 is 0 Å². The van der Waals surface area contributed by atoms with Gasteiger partial charge >= 0.3 is 0 Å². The van der Waals surface area contributed by atoms with Crippen LogP contribution in [-0.2, 0) is 0 Å². The summed E-state index contributed by atoms with van der Waals surface area (Å²) in [5, 5.41) is 21.5. The molecule has 0 saturated heterocycles. The number of aromatic nitrogens is 7. The third-order valence-corrected chi connectivity index (χ3v) is 27.1. The normalized spacial score (nSPS) is 11.5. The van der Waals surface area contributed by atoms with Gasteiger partial charge in [0.15, 0.2) is 0 Å². The quantitative estimate of drug-likeness (QED) is 0.120. The monoisotopic (exact) mass is 1750 g/mol. The second-order valence-electron chi connectivity index (χ2n) is 35.5. The minimum absolute atomic E-state index is 0.923. The number of para-hydroxylation sites is 3. The van der Waals surface area contributed by atoms with Crippen molar-refractivity contribution < 1.29 is 0 Å². The molecule has 138 heavy (non-hydrogen) atoms. The lowest BCUT2D eigenvalue weighted by Gasteiger charge is -2.14. The van der Waals surface area contributed by atoms with Crippen molar-refractivity contribution in [2.75, 3.05) is 0 Å². The van der Waals surface area contributed by atoms with Crippen molar-refractivity contribution in [3.05, 3.63) is 504 Å². The zero-order valence-electron chi connectivity index (χ0n) is 75.1. The molecular weight excluding hydrogens is 1670 g/mol. The smallest absolute Gasteiger partial charge is 0.0716 e. The van der Waals surface area contributed by atoms with Gasteiger partial charge < -0.3 is 0 Å². The van der Waals surface area contributed by atoms with Crippen LogP contribution in [0.15, 0.2) is 504 Å². The number of hydrogen-bond donors (Lipinski definition) is 0. The first-order valence-corrected chi connectivity index (χ1v) is 46.8. The van der Waals surface area contributed by atoms with E-state index in [0.29, 0.717) is 0 Å². The van der Waals surface area contributed by atoms with E-state index < -0.39 is 0 Å². The Morgan fingerprint density at radius 1 is 0.116 bits per heavy atom. The molecule has 0 fully saturated rings. The summed E-state index contributed by atoms with van der Waals surface area (Å²) in [5.41, 5.74) is 32.6. The Kier molecular flexibility index (Phi) is 20.8. The van der Waals surface area contributed by atoms with Crippen LogP contribution in [0.5, 0.6) is 0 Å². The zero-order chi connectivity index (χ0) is 91.4. The van der Waals surface area contributed by atoms with Crippen LogP contribution in [0.2, 0.25) is 0 Å². The molecular formula is C131H83N7. The van der Waals surface area contributed by atoms with Crippen molar-refractivity contribution in [3.63, 3.8) is 0 Å². The van der Waals surface area contributed by atoms with Gasteiger partial charge in [0.25, 0.3) is 0 Å². The SMILES string of the molecule is c1cc(-c2ccnc3ccccc23)cc(-c2cc(-c3ccc4ccccc4c3)nc3ccc(-c4ccc5ccccc5c4)cc23)c1.c1ccc2cc(-c3ccc4nc(-c5ccc6ccccc6c5)cc(-c5ccc(-c6ccnc7ccccc67)nc5)c4c3)ccc2c1.c1ccc2cc(-c3ccc4nc(-c5ccc6ccccc6c5)cc(-c5ccc(-c6cnc7ccccc7c6)cc5)c4c3)ccc2c1. The molecule has 0 aliphatic rings. The van der Waals surface area contributed by atoms with Gasteiger partial charge in [-0.1, -0.05) is 340 Å². The molecule has 0 bridgehead atoms. The van der Waals surface area contributed by atoms with Crippen LogP contribution >= 0.6 is 0 Å². The van der Waals surface area contributed by atoms with Gasteiger partial charge in [-0.15, -0.1) is 0 Å². The highest BCUT2D eigenvalue weighted by molar-refractivity contribution is 6.07. The molecule has 0 atom stereocenters. The summed E-state index contributed by atoms with van der Waals surface area (Å²) in [6.07, 6.45) is 7.71. The van der Waals surface area contributed by atoms with Crippen LogP contribution in [0, 0.1) is 0 Å². The largest absolute Gasteiger partial charge is 0.256 e. The summed E-state index contributed by atoms with van der Waals surface area (Å²) in [4.78, 5) is 34.5. The summed E-state index contributed by atoms with van der Waals surface area (Å²) in [7, 11) is 0. The fourth-order valence-corrected chi connectivity index (χ4v) is 19.8. The summed E-state index contributed by atoms with van der Waals surface area (Å²) in [5.74, 6) is 0. The van der Waals surface area contributed by atoms with E-state index in [1.165, 1.54) is 109 Å². The van der Waals surface area contributed by atoms with Gasteiger partial charge in [0.1, 0.15) is 0 Å². The third kappa shape index (κ3) is 15.9. The number of pyridine rings is 7. The Hall–Kier alpha value is -18.4. The van der Waals surface area contributed by atoms with Crippen LogP contribution in [0.1, 0.15) is 0 Å². The van der Waals surface area contributed by atoms with Crippen molar-refractivity contribution >= 4 is 130 Å². The average Bonchev–Trinajstić information content (AvgIpc) is 0.767. The molecule has 7 heterocycles. The Balaban J connectivity index is 0.000000110. The standard InChI is InChI=1S/2C44H28N2.C43H27N3/c1-3-10-31-24-33(18-16-29(31)8-1)34-20-21-43-41(27-34)40(28-44(46-43)37-19-17-30-9-2-4-11-32(30)25-37)36-13-7-12-35(26-36)38-22-23-45-42-15-6-5-14-39(38)42;1-3-9-33-23-35(19-15-29(33)7-1)36-21-22-43-41(26-36)40(27-44(46-43)38-20-16-30-8-2-4-10-34(30)24-38)32-17-13-31(14-18-32)39-25-37-11-5-6-12-42(37)45-28-39;1-3-9-30-23-32(15-13-28(30)7-1)33-17-20-42-39(25-33)38(26-43(46-42)34-16-14-29-8-2-4-10-31(29)24-34)35-18-19-41(45-27-35)37-21-22-44-40-12-6-5-11-36(37)40/h2*1-28H;1-27H. The molecule has 20 aromatic carbocycles. The second-order valence-corrected chi connectivity index (χ2v) is 35.5. The lowest BCUT2D eigenvalue weighted by Crippen LogP contribution is -1.93. The first-order chi connectivity index (χ1) is 68.3. The maximum absolute atomic E-state index is 5.24. The minimum Gasteiger partial charge on any atom is -0.256 e. The molecule has 27 rings (SSSR count). The van der Waals surface area contributed by atoms with E-state index in [0.717, 1.165) is 155 Å². The van der Waals surface area contributed by atoms with Crippen molar-refractivity contribution in [1.29, 1.82) is 0 Å². The predicted molar refractivity (Wildman–Crippen MR) is 579 cm³/mol. The van der Waals surface area contributed by atoms with Gasteiger partial charge in [0.2, 0.25) is 0 Å². The van der Waals surface area contributed by atoms with E-state index in [2.05, 4.69) is 453 Å². The molecule has 0 N–H and O–H groups in total. The Labute approximate surface area is 797 Å². The number of benzene rings is 20. The Bertz CT molecular complexity index is 9480. The zero-order valence-corrected chi connectivity index (χ0v) is 75.1. The molecule has 7 nitrogen and oxygen atoms in total. The first kappa shape index (κ1) is 81.6. The number of hydrogen-bond acceptors (Lipinski definition) is 7. The molecule has 0 amide bonds. The topological polar surface area (TPSA) is 90.2 Å². The van der Waals surface area contributed by atoms with Gasteiger partial charge in [-0.05, 0) is 282 Å². The summed E-state index contributed by atoms with van der Waals surface area (Å²) in [6, 6.07) is 171. The van der Waals surface area contributed by atoms with E-state index in [-0.39, 0.29) is 0 Å². The van der Waals surface area contributed by atoms with Crippen LogP contribution in [0.4, 0.5) is 0 Å². The Morgan fingerprint density at radius 3 is 0.833 bits per heavy atom. The molecule has 0 spiro atoms. The maximum Gasteiger partial charge on any atom is 0.0716 e. The van der Waals surface area contributed by atoms with E-state index in [4.69, 9.17) is 24.9 Å². The Morgan fingerprint density at radius 2 is 0.413 bits per heavy atom. The first-order valence-electron chi connectivity index (χ1n) is 46.8. The van der Waals surface area contributed by atoms with Crippen LogP contribution in [-0.4, -0.2) is 34.9 Å². The van der Waals surface area contributed by atoms with E-state index in [1.807, 2.05) is 61.2 Å². The number of fused-ring (bicyclic) bond motifs is 12. The van der Waals surface area contributed by atoms with E-state index in [1.54, 1.807) is 0 Å². The lowest BCUT2D eigenvalue weighted by atomic mass is 9.92. The highest BCUT2D eigenvalue weighted by Gasteiger charge is 2.20. The highest BCUT2D eigenvalue weighted by atomic mass is 14.7. The summed E-state index contributed by atoms with van der Waals surface area (Å²) < 4.78 is 0. The fourth-order valence-electron chi connectivity index (χ4n) is 19.8. The van der Waals surface area contributed by atoms with Gasteiger partial charge in [0.05, 0.1) is 55.9 Å². The molecule has 642 valence electrons. The fraction of sp³-hybridized carbons (Fsp3) is 0. The van der Waals surface area contributed by atoms with Gasteiger partial charge in [-0.3, -0.25) is 19.9 Å². The van der Waals surface area contributed by atoms with Gasteiger partial charge in [-0.25, -0.2) is 15.0 Å². The molecule has 7 aromatic heterocycles. The number of nitrogens with zero attached hydrogens (tertiary/aromatic N) is 7. The molecule has 0 aliphatic heterocycles. The molecule has 0 unspecified atom stereocenters. The minimum atomic E-state index is 0.923. The van der Waals surface area contributed by atoms with Crippen molar-refractivity contribution in [3.8, 4) is 134 Å². The summed E-state index contributed by atoms with van der Waals surface area (Å²) in [6.45, 7) is 0. The molecule has 0 aliphatic carbocycles. The van der Waals surface area contributed by atoms with Crippen molar-refractivity contribution in [2.45, 2.75) is 0 Å². The molecule has 0 radical (unpaired) electrons. The van der Waals surface area contributed by atoms with Crippen LogP contribution in [0.25, 0.3) is 264 Å². The van der Waals surface area contributed by atoms with Crippen LogP contribution in [0.3, 0.4) is 0 Å². The predicted octanol–water partition coefficient (Wildman–Crippen LogP) is 34.7.